The Bertz CT molecular complexity index is 474. The van der Waals surface area contributed by atoms with Crippen LogP contribution in [0.25, 0.3) is 5.57 Å². The second-order valence-corrected chi connectivity index (χ2v) is 5.98. The lowest BCUT2D eigenvalue weighted by Gasteiger charge is -2.38. The quantitative estimate of drug-likeness (QED) is 0.795. The number of aliphatic hydroxyl groups excluding tert-OH is 1. The first-order valence-electron chi connectivity index (χ1n) is 6.76. The van der Waals surface area contributed by atoms with Gasteiger partial charge in [-0.2, -0.15) is 0 Å². The molecule has 2 aliphatic rings. The van der Waals surface area contributed by atoms with Crippen LogP contribution in [0.4, 0.5) is 0 Å². The average molecular weight is 244 g/mol. The summed E-state index contributed by atoms with van der Waals surface area (Å²) in [5.41, 5.74) is 2.66. The van der Waals surface area contributed by atoms with Crippen LogP contribution in [0.5, 0.6) is 5.75 Å². The lowest BCUT2D eigenvalue weighted by molar-refractivity contribution is 0.0400. The van der Waals surface area contributed by atoms with Gasteiger partial charge in [-0.25, -0.2) is 0 Å². The molecule has 2 N–H and O–H groups in total. The summed E-state index contributed by atoms with van der Waals surface area (Å²) in [6.07, 6.45) is 6.23. The number of benzene rings is 1. The first kappa shape index (κ1) is 11.8. The van der Waals surface area contributed by atoms with Gasteiger partial charge >= 0.3 is 0 Å². The Labute approximate surface area is 108 Å². The molecule has 1 aromatic carbocycles. The number of phenolic OH excluding ortho intramolecular Hbond substituents is 1. The van der Waals surface area contributed by atoms with E-state index in [4.69, 9.17) is 0 Å². The van der Waals surface area contributed by atoms with Gasteiger partial charge in [-0.15, -0.1) is 0 Å². The first-order chi connectivity index (χ1) is 8.59. The minimum atomic E-state index is -0.139. The zero-order chi connectivity index (χ0) is 12.8. The third-order valence-electron chi connectivity index (χ3n) is 4.98. The van der Waals surface area contributed by atoms with E-state index in [1.54, 1.807) is 12.1 Å². The maximum Gasteiger partial charge on any atom is 0.115 e. The molecule has 1 fully saturated rings. The van der Waals surface area contributed by atoms with Crippen molar-refractivity contribution in [3.63, 3.8) is 0 Å². The fourth-order valence-electron chi connectivity index (χ4n) is 3.53. The van der Waals surface area contributed by atoms with Crippen LogP contribution in [0.1, 0.15) is 38.2 Å². The zero-order valence-electron chi connectivity index (χ0n) is 10.8. The molecular formula is C16H20O2. The van der Waals surface area contributed by atoms with Gasteiger partial charge in [0.05, 0.1) is 6.10 Å². The third-order valence-corrected chi connectivity index (χ3v) is 4.98. The van der Waals surface area contributed by atoms with Crippen LogP contribution in [-0.2, 0) is 0 Å². The lowest BCUT2D eigenvalue weighted by atomic mass is 9.68. The highest BCUT2D eigenvalue weighted by molar-refractivity contribution is 5.67. The predicted molar refractivity (Wildman–Crippen MR) is 72.2 cm³/mol. The fraction of sp³-hybridized carbons (Fsp3) is 0.500. The van der Waals surface area contributed by atoms with Crippen LogP contribution in [0, 0.1) is 11.3 Å². The summed E-state index contributed by atoms with van der Waals surface area (Å²) < 4.78 is 0. The summed E-state index contributed by atoms with van der Waals surface area (Å²) in [7, 11) is 0. The van der Waals surface area contributed by atoms with E-state index < -0.39 is 0 Å². The fourth-order valence-corrected chi connectivity index (χ4v) is 3.53. The molecule has 3 atom stereocenters. The van der Waals surface area contributed by atoms with Gasteiger partial charge in [0.2, 0.25) is 0 Å². The average Bonchev–Trinajstić information content (AvgIpc) is 2.66. The van der Waals surface area contributed by atoms with Gasteiger partial charge in [-0.1, -0.05) is 25.1 Å². The Morgan fingerprint density at radius 2 is 1.89 bits per heavy atom. The van der Waals surface area contributed by atoms with E-state index in [-0.39, 0.29) is 11.5 Å². The number of phenols is 1. The van der Waals surface area contributed by atoms with Crippen LogP contribution < -0.4 is 0 Å². The highest BCUT2D eigenvalue weighted by Crippen LogP contribution is 2.52. The number of aliphatic hydroxyl groups is 1. The maximum absolute atomic E-state index is 10.1. The molecule has 0 saturated heterocycles. The van der Waals surface area contributed by atoms with Crippen molar-refractivity contribution < 1.29 is 10.2 Å². The highest BCUT2D eigenvalue weighted by Gasteiger charge is 2.46. The molecule has 0 unspecified atom stereocenters. The molecule has 0 spiro atoms. The standard InChI is InChI=1S/C16H20O2/c1-16-9-8-12(10-13(16)4-7-15(16)18)11-2-5-14(17)6-3-11/h2-3,5-6,8,13,15,17-18H,4,7,9-10H2,1H3/t13-,15+,16+/m1/s1. The molecule has 0 heterocycles. The molecule has 1 aromatic rings. The van der Waals surface area contributed by atoms with Gasteiger partial charge < -0.3 is 10.2 Å². The summed E-state index contributed by atoms with van der Waals surface area (Å²) in [5, 5.41) is 19.4. The Balaban J connectivity index is 1.87. The Morgan fingerprint density at radius 1 is 1.17 bits per heavy atom. The molecule has 96 valence electrons. The van der Waals surface area contributed by atoms with Crippen molar-refractivity contribution in [1.82, 2.24) is 0 Å². The van der Waals surface area contributed by atoms with E-state index in [0.717, 1.165) is 25.7 Å². The summed E-state index contributed by atoms with van der Waals surface area (Å²) >= 11 is 0. The van der Waals surface area contributed by atoms with Crippen LogP contribution in [0.3, 0.4) is 0 Å². The van der Waals surface area contributed by atoms with Crippen molar-refractivity contribution in [2.45, 2.75) is 38.7 Å². The zero-order valence-corrected chi connectivity index (χ0v) is 10.8. The van der Waals surface area contributed by atoms with Crippen LogP contribution in [0.2, 0.25) is 0 Å². The van der Waals surface area contributed by atoms with E-state index in [0.29, 0.717) is 11.7 Å². The van der Waals surface area contributed by atoms with Gasteiger partial charge in [-0.05, 0) is 54.9 Å². The molecular weight excluding hydrogens is 224 g/mol. The second-order valence-electron chi connectivity index (χ2n) is 5.98. The van der Waals surface area contributed by atoms with Gasteiger partial charge in [0.1, 0.15) is 5.75 Å². The number of hydrogen-bond donors (Lipinski definition) is 2. The number of aromatic hydroxyl groups is 1. The normalized spacial score (nSPS) is 35.1. The van der Waals surface area contributed by atoms with Crippen molar-refractivity contribution in [3.05, 3.63) is 35.9 Å². The van der Waals surface area contributed by atoms with E-state index in [1.807, 2.05) is 12.1 Å². The monoisotopic (exact) mass is 244 g/mol. The van der Waals surface area contributed by atoms with E-state index in [1.165, 1.54) is 11.1 Å². The summed E-state index contributed by atoms with van der Waals surface area (Å²) in [4.78, 5) is 0. The number of rotatable bonds is 1. The van der Waals surface area contributed by atoms with E-state index in [9.17, 15) is 10.2 Å². The largest absolute Gasteiger partial charge is 0.508 e. The maximum atomic E-state index is 10.1. The molecule has 2 aliphatic carbocycles. The molecule has 0 amide bonds. The topological polar surface area (TPSA) is 40.5 Å². The molecule has 0 radical (unpaired) electrons. The van der Waals surface area contributed by atoms with Gasteiger partial charge in [-0.3, -0.25) is 0 Å². The van der Waals surface area contributed by atoms with Gasteiger partial charge in [0.15, 0.2) is 0 Å². The molecule has 0 aliphatic heterocycles. The second kappa shape index (κ2) is 4.13. The van der Waals surface area contributed by atoms with Crippen LogP contribution in [0.15, 0.2) is 30.3 Å². The Kier molecular flexibility index (Phi) is 2.70. The smallest absolute Gasteiger partial charge is 0.115 e. The van der Waals surface area contributed by atoms with Crippen molar-refractivity contribution in [1.29, 1.82) is 0 Å². The number of fused-ring (bicyclic) bond motifs is 1. The molecule has 1 saturated carbocycles. The highest BCUT2D eigenvalue weighted by atomic mass is 16.3. The Hall–Kier alpha value is -1.28. The first-order valence-corrected chi connectivity index (χ1v) is 6.76. The van der Waals surface area contributed by atoms with Crippen LogP contribution in [-0.4, -0.2) is 16.3 Å². The molecule has 0 bridgehead atoms. The summed E-state index contributed by atoms with van der Waals surface area (Å²) in [5.74, 6) is 0.914. The summed E-state index contributed by atoms with van der Waals surface area (Å²) in [6, 6.07) is 7.45. The van der Waals surface area contributed by atoms with Gasteiger partial charge in [0.25, 0.3) is 0 Å². The van der Waals surface area contributed by atoms with E-state index in [2.05, 4.69) is 13.0 Å². The molecule has 2 heteroatoms. The number of hydrogen-bond acceptors (Lipinski definition) is 2. The third kappa shape index (κ3) is 1.76. The molecule has 3 rings (SSSR count). The van der Waals surface area contributed by atoms with Crippen molar-refractivity contribution in [3.8, 4) is 5.75 Å². The predicted octanol–water partition coefficient (Wildman–Crippen LogP) is 3.35. The molecule has 2 nitrogen and oxygen atoms in total. The lowest BCUT2D eigenvalue weighted by Crippen LogP contribution is -2.34. The van der Waals surface area contributed by atoms with Gasteiger partial charge in [0, 0.05) is 5.41 Å². The Morgan fingerprint density at radius 3 is 2.61 bits per heavy atom. The summed E-state index contributed by atoms with van der Waals surface area (Å²) in [6.45, 7) is 2.22. The van der Waals surface area contributed by atoms with Crippen LogP contribution >= 0.6 is 0 Å². The minimum absolute atomic E-state index is 0.0837. The van der Waals surface area contributed by atoms with Crippen molar-refractivity contribution in [2.24, 2.45) is 11.3 Å². The van der Waals surface area contributed by atoms with Crippen molar-refractivity contribution in [2.75, 3.05) is 0 Å². The molecule has 0 aromatic heterocycles. The SMILES string of the molecule is C[C@]12CC=C(c3ccc(O)cc3)C[C@H]1CC[C@@H]2O. The minimum Gasteiger partial charge on any atom is -0.508 e. The van der Waals surface area contributed by atoms with E-state index >= 15 is 0 Å². The number of allylic oxidation sites excluding steroid dienone is 2. The molecule has 18 heavy (non-hydrogen) atoms. The van der Waals surface area contributed by atoms with Crippen molar-refractivity contribution >= 4 is 5.57 Å².